The SMILES string of the molecule is c1ccc(-c2nc(-c3cccc4ccccc34)nc(-c3cccc4c3oc3cc5ccc(-c6cc7ccccc7c7ccccc67)cc5cc34)n2)cc1. The molecule has 11 aromatic rings. The van der Waals surface area contributed by atoms with E-state index in [2.05, 4.69) is 140 Å². The van der Waals surface area contributed by atoms with Crippen LogP contribution in [0.4, 0.5) is 0 Å². The number of fused-ring (bicyclic) bond motifs is 8. The van der Waals surface area contributed by atoms with E-state index in [4.69, 9.17) is 19.4 Å². The fourth-order valence-electron chi connectivity index (χ4n) is 7.93. The highest BCUT2D eigenvalue weighted by Crippen LogP contribution is 2.40. The Bertz CT molecular complexity index is 3230. The molecule has 0 aliphatic rings. The zero-order chi connectivity index (χ0) is 34.9. The van der Waals surface area contributed by atoms with Gasteiger partial charge in [-0.3, -0.25) is 0 Å². The van der Waals surface area contributed by atoms with Gasteiger partial charge < -0.3 is 4.42 Å². The van der Waals surface area contributed by atoms with Gasteiger partial charge in [0.1, 0.15) is 11.2 Å². The molecule has 4 heteroatoms. The molecule has 11 rings (SSSR count). The molecule has 0 spiro atoms. The summed E-state index contributed by atoms with van der Waals surface area (Å²) >= 11 is 0. The van der Waals surface area contributed by atoms with E-state index in [0.717, 1.165) is 60.2 Å². The van der Waals surface area contributed by atoms with Crippen LogP contribution < -0.4 is 0 Å². The summed E-state index contributed by atoms with van der Waals surface area (Å²) in [4.78, 5) is 15.2. The highest BCUT2D eigenvalue weighted by molar-refractivity contribution is 6.16. The lowest BCUT2D eigenvalue weighted by Crippen LogP contribution is -2.00. The lowest BCUT2D eigenvalue weighted by atomic mass is 9.92. The number of nitrogens with zero attached hydrogens (tertiary/aromatic N) is 3. The minimum atomic E-state index is 0.571. The first-order valence-electron chi connectivity index (χ1n) is 17.9. The molecule has 53 heavy (non-hydrogen) atoms. The Morgan fingerprint density at radius 3 is 1.81 bits per heavy atom. The Morgan fingerprint density at radius 1 is 0.302 bits per heavy atom. The molecule has 0 aliphatic carbocycles. The topological polar surface area (TPSA) is 51.8 Å². The van der Waals surface area contributed by atoms with Gasteiger partial charge in [0, 0.05) is 21.9 Å². The molecular weight excluding hydrogens is 647 g/mol. The Hall–Kier alpha value is -7.17. The van der Waals surface area contributed by atoms with Crippen molar-refractivity contribution in [3.05, 3.63) is 176 Å². The number of furan rings is 1. The Kier molecular flexibility index (Phi) is 6.52. The fraction of sp³-hybridized carbons (Fsp3) is 0. The zero-order valence-corrected chi connectivity index (χ0v) is 28.5. The molecule has 2 aromatic heterocycles. The summed E-state index contributed by atoms with van der Waals surface area (Å²) in [5.41, 5.74) is 6.71. The quantitative estimate of drug-likeness (QED) is 0.174. The van der Waals surface area contributed by atoms with Gasteiger partial charge in [-0.1, -0.05) is 146 Å². The van der Waals surface area contributed by atoms with Crippen LogP contribution in [0, 0.1) is 0 Å². The summed E-state index contributed by atoms with van der Waals surface area (Å²) in [6, 6.07) is 61.7. The molecule has 0 unspecified atom stereocenters. The third-order valence-corrected chi connectivity index (χ3v) is 10.5. The third kappa shape index (κ3) is 4.80. The summed E-state index contributed by atoms with van der Waals surface area (Å²) < 4.78 is 6.73. The van der Waals surface area contributed by atoms with Gasteiger partial charge in [-0.05, 0) is 84.5 Å². The maximum absolute atomic E-state index is 6.73. The second-order valence-electron chi connectivity index (χ2n) is 13.6. The molecule has 0 saturated heterocycles. The third-order valence-electron chi connectivity index (χ3n) is 10.5. The number of hydrogen-bond acceptors (Lipinski definition) is 4. The Labute approximate surface area is 304 Å². The van der Waals surface area contributed by atoms with Crippen molar-refractivity contribution in [2.24, 2.45) is 0 Å². The van der Waals surface area contributed by atoms with E-state index < -0.39 is 0 Å². The molecule has 0 N–H and O–H groups in total. The van der Waals surface area contributed by atoms with E-state index >= 15 is 0 Å². The Balaban J connectivity index is 1.10. The van der Waals surface area contributed by atoms with E-state index in [0.29, 0.717) is 17.5 Å². The molecule has 4 nitrogen and oxygen atoms in total. The number of para-hydroxylation sites is 1. The smallest absolute Gasteiger partial charge is 0.167 e. The van der Waals surface area contributed by atoms with Crippen LogP contribution in [0.2, 0.25) is 0 Å². The number of benzene rings is 9. The predicted octanol–water partition coefficient (Wildman–Crippen LogP) is 13.1. The number of aromatic nitrogens is 3. The molecule has 2 heterocycles. The van der Waals surface area contributed by atoms with Crippen LogP contribution in [0.1, 0.15) is 0 Å². The normalized spacial score (nSPS) is 11.8. The molecule has 0 bridgehead atoms. The van der Waals surface area contributed by atoms with Gasteiger partial charge >= 0.3 is 0 Å². The van der Waals surface area contributed by atoms with E-state index in [1.165, 1.54) is 32.7 Å². The molecule has 0 amide bonds. The van der Waals surface area contributed by atoms with Crippen LogP contribution in [0.3, 0.4) is 0 Å². The minimum Gasteiger partial charge on any atom is -0.455 e. The van der Waals surface area contributed by atoms with Gasteiger partial charge in [-0.25, -0.2) is 15.0 Å². The molecule has 0 fully saturated rings. The van der Waals surface area contributed by atoms with Crippen molar-refractivity contribution < 1.29 is 4.42 Å². The average molecular weight is 676 g/mol. The molecule has 0 aliphatic heterocycles. The molecule has 246 valence electrons. The fourth-order valence-corrected chi connectivity index (χ4v) is 7.93. The second-order valence-corrected chi connectivity index (χ2v) is 13.6. The molecule has 0 saturated carbocycles. The van der Waals surface area contributed by atoms with Gasteiger partial charge in [-0.15, -0.1) is 0 Å². The van der Waals surface area contributed by atoms with E-state index in [1.807, 2.05) is 36.4 Å². The molecule has 9 aromatic carbocycles. The molecule has 0 radical (unpaired) electrons. The predicted molar refractivity (Wildman–Crippen MR) is 219 cm³/mol. The standard InChI is InChI=1S/C49H29N3O/c1-2-13-31(14-3-1)47-50-48(41-22-10-16-30-12-4-6-17-36(30)41)52-49(51-47)42-23-11-21-40-44-28-35-26-34(25-24-32(35)29-45(44)53-46(40)42)43-27-33-15-5-7-18-37(33)38-19-8-9-20-39(38)43/h1-29H. The summed E-state index contributed by atoms with van der Waals surface area (Å²) in [7, 11) is 0. The monoisotopic (exact) mass is 675 g/mol. The van der Waals surface area contributed by atoms with Crippen molar-refractivity contribution in [1.82, 2.24) is 15.0 Å². The molecule has 0 atom stereocenters. The summed E-state index contributed by atoms with van der Waals surface area (Å²) in [6.45, 7) is 0. The summed E-state index contributed by atoms with van der Waals surface area (Å²) in [5.74, 6) is 1.81. The van der Waals surface area contributed by atoms with Crippen LogP contribution in [-0.2, 0) is 0 Å². The zero-order valence-electron chi connectivity index (χ0n) is 28.5. The second kappa shape index (κ2) is 11.7. The Morgan fingerprint density at radius 2 is 0.943 bits per heavy atom. The highest BCUT2D eigenvalue weighted by atomic mass is 16.3. The van der Waals surface area contributed by atoms with Crippen LogP contribution >= 0.6 is 0 Å². The first-order chi connectivity index (χ1) is 26.2. The van der Waals surface area contributed by atoms with Gasteiger partial charge in [-0.2, -0.15) is 0 Å². The lowest BCUT2D eigenvalue weighted by Gasteiger charge is -2.12. The van der Waals surface area contributed by atoms with E-state index in [1.54, 1.807) is 0 Å². The van der Waals surface area contributed by atoms with Crippen molar-refractivity contribution in [2.45, 2.75) is 0 Å². The molecular formula is C49H29N3O. The van der Waals surface area contributed by atoms with Crippen LogP contribution in [0.15, 0.2) is 180 Å². The van der Waals surface area contributed by atoms with Crippen molar-refractivity contribution in [2.75, 3.05) is 0 Å². The van der Waals surface area contributed by atoms with Crippen LogP contribution in [0.25, 0.3) is 110 Å². The van der Waals surface area contributed by atoms with Crippen LogP contribution in [0.5, 0.6) is 0 Å². The number of rotatable bonds is 4. The summed E-state index contributed by atoms with van der Waals surface area (Å²) in [6.07, 6.45) is 0. The van der Waals surface area contributed by atoms with Crippen molar-refractivity contribution in [1.29, 1.82) is 0 Å². The first-order valence-corrected chi connectivity index (χ1v) is 17.9. The van der Waals surface area contributed by atoms with Gasteiger partial charge in [0.25, 0.3) is 0 Å². The highest BCUT2D eigenvalue weighted by Gasteiger charge is 2.19. The van der Waals surface area contributed by atoms with E-state index in [9.17, 15) is 0 Å². The van der Waals surface area contributed by atoms with Crippen molar-refractivity contribution >= 4 is 65.0 Å². The minimum absolute atomic E-state index is 0.571. The first kappa shape index (κ1) is 29.5. The average Bonchev–Trinajstić information content (AvgIpc) is 3.59. The van der Waals surface area contributed by atoms with Gasteiger partial charge in [0.05, 0.1) is 5.56 Å². The van der Waals surface area contributed by atoms with Gasteiger partial charge in [0.2, 0.25) is 0 Å². The van der Waals surface area contributed by atoms with Crippen molar-refractivity contribution in [3.8, 4) is 45.3 Å². The number of hydrogen-bond donors (Lipinski definition) is 0. The maximum Gasteiger partial charge on any atom is 0.167 e. The van der Waals surface area contributed by atoms with Crippen molar-refractivity contribution in [3.63, 3.8) is 0 Å². The van der Waals surface area contributed by atoms with E-state index in [-0.39, 0.29) is 0 Å². The maximum atomic E-state index is 6.73. The lowest BCUT2D eigenvalue weighted by molar-refractivity contribution is 0.670. The van der Waals surface area contributed by atoms with Crippen LogP contribution in [-0.4, -0.2) is 15.0 Å². The summed E-state index contributed by atoms with van der Waals surface area (Å²) in [5, 5.41) is 11.6. The largest absolute Gasteiger partial charge is 0.455 e. The van der Waals surface area contributed by atoms with Gasteiger partial charge in [0.15, 0.2) is 17.5 Å².